The van der Waals surface area contributed by atoms with Crippen molar-refractivity contribution in [2.45, 2.75) is 38.2 Å². The molecular weight excluding hydrogens is 182 g/mol. The first-order valence-corrected chi connectivity index (χ1v) is 5.08. The molecule has 0 spiro atoms. The summed E-state index contributed by atoms with van der Waals surface area (Å²) < 4.78 is 5.14. The molecular formula is C10H15NO3. The van der Waals surface area contributed by atoms with Crippen LogP contribution in [0.15, 0.2) is 0 Å². The molecule has 4 heteroatoms. The van der Waals surface area contributed by atoms with Crippen LogP contribution >= 0.6 is 0 Å². The van der Waals surface area contributed by atoms with Gasteiger partial charge in [-0.15, -0.1) is 0 Å². The van der Waals surface area contributed by atoms with Gasteiger partial charge in [0.1, 0.15) is 0 Å². The summed E-state index contributed by atoms with van der Waals surface area (Å²) in [7, 11) is 0. The maximum atomic E-state index is 11.3. The molecule has 0 aromatic carbocycles. The molecule has 0 aromatic heterocycles. The fraction of sp³-hybridized carbons (Fsp3) is 0.800. The Morgan fingerprint density at radius 2 is 1.79 bits per heavy atom. The average molecular weight is 197 g/mol. The van der Waals surface area contributed by atoms with Gasteiger partial charge >= 0.3 is 5.97 Å². The number of rotatable bonds is 2. The van der Waals surface area contributed by atoms with Gasteiger partial charge in [0.05, 0.1) is 0 Å². The molecule has 0 radical (unpaired) electrons. The number of primary amides is 1. The normalized spacial score (nSPS) is 39.8. The molecule has 0 saturated heterocycles. The molecule has 2 atom stereocenters. The molecule has 0 bridgehead atoms. The Labute approximate surface area is 82.8 Å². The van der Waals surface area contributed by atoms with E-state index in [1.165, 1.54) is 6.92 Å². The standard InChI is InChI=1S/C10H15NO3/c1-6(12)14-10(9(11)13)7-4-2-3-5-8(7)10/h7-8H,2-5H2,1H3,(H2,11,13). The third kappa shape index (κ3) is 1.13. The quantitative estimate of drug-likeness (QED) is 0.659. The second-order valence-electron chi connectivity index (χ2n) is 4.25. The lowest BCUT2D eigenvalue weighted by Crippen LogP contribution is -2.38. The number of esters is 1. The van der Waals surface area contributed by atoms with E-state index in [2.05, 4.69) is 0 Å². The largest absolute Gasteiger partial charge is 0.448 e. The number of amides is 1. The highest BCUT2D eigenvalue weighted by Gasteiger charge is 2.71. The van der Waals surface area contributed by atoms with Crippen LogP contribution in [0.1, 0.15) is 32.6 Å². The Kier molecular flexibility index (Phi) is 2.01. The number of nitrogens with two attached hydrogens (primary N) is 1. The molecule has 78 valence electrons. The van der Waals surface area contributed by atoms with E-state index in [9.17, 15) is 9.59 Å². The van der Waals surface area contributed by atoms with Gasteiger partial charge in [0.15, 0.2) is 5.60 Å². The number of hydrogen-bond acceptors (Lipinski definition) is 3. The smallest absolute Gasteiger partial charge is 0.303 e. The van der Waals surface area contributed by atoms with Gasteiger partial charge in [-0.05, 0) is 12.8 Å². The van der Waals surface area contributed by atoms with E-state index >= 15 is 0 Å². The van der Waals surface area contributed by atoms with Gasteiger partial charge in [-0.25, -0.2) is 0 Å². The number of carbonyl (C=O) groups excluding carboxylic acids is 2. The number of hydrogen-bond donors (Lipinski definition) is 1. The molecule has 2 fully saturated rings. The van der Waals surface area contributed by atoms with Crippen LogP contribution in [0.5, 0.6) is 0 Å². The highest BCUT2D eigenvalue weighted by atomic mass is 16.6. The van der Waals surface area contributed by atoms with Crippen molar-refractivity contribution in [3.8, 4) is 0 Å². The molecule has 2 aliphatic carbocycles. The Morgan fingerprint density at radius 1 is 1.29 bits per heavy atom. The van der Waals surface area contributed by atoms with E-state index in [1.807, 2.05) is 0 Å². The molecule has 0 heterocycles. The summed E-state index contributed by atoms with van der Waals surface area (Å²) in [6.45, 7) is 1.33. The molecule has 0 aromatic rings. The fourth-order valence-corrected chi connectivity index (χ4v) is 2.87. The van der Waals surface area contributed by atoms with Crippen molar-refractivity contribution in [1.29, 1.82) is 0 Å². The third-order valence-corrected chi connectivity index (χ3v) is 3.46. The summed E-state index contributed by atoms with van der Waals surface area (Å²) in [6, 6.07) is 0. The highest BCUT2D eigenvalue weighted by molar-refractivity contribution is 5.90. The summed E-state index contributed by atoms with van der Waals surface area (Å²) in [5, 5.41) is 0. The molecule has 2 unspecified atom stereocenters. The molecule has 1 amide bonds. The minimum Gasteiger partial charge on any atom is -0.448 e. The van der Waals surface area contributed by atoms with Gasteiger partial charge in [-0.3, -0.25) is 9.59 Å². The second kappa shape index (κ2) is 2.97. The lowest BCUT2D eigenvalue weighted by Gasteiger charge is -2.13. The van der Waals surface area contributed by atoms with Crippen molar-refractivity contribution in [2.24, 2.45) is 17.6 Å². The lowest BCUT2D eigenvalue weighted by atomic mass is 10.0. The van der Waals surface area contributed by atoms with Crippen LogP contribution in [-0.4, -0.2) is 17.5 Å². The zero-order valence-electron chi connectivity index (χ0n) is 8.29. The van der Waals surface area contributed by atoms with Gasteiger partial charge in [0, 0.05) is 18.8 Å². The second-order valence-corrected chi connectivity index (χ2v) is 4.25. The summed E-state index contributed by atoms with van der Waals surface area (Å²) in [5.41, 5.74) is 4.38. The van der Waals surface area contributed by atoms with Gasteiger partial charge in [0.25, 0.3) is 5.91 Å². The molecule has 2 rings (SSSR count). The third-order valence-electron chi connectivity index (χ3n) is 3.46. The minimum atomic E-state index is -0.942. The Hall–Kier alpha value is -1.06. The molecule has 14 heavy (non-hydrogen) atoms. The summed E-state index contributed by atoms with van der Waals surface area (Å²) in [6.07, 6.45) is 4.14. The molecule has 2 saturated carbocycles. The van der Waals surface area contributed by atoms with Crippen molar-refractivity contribution >= 4 is 11.9 Å². The Morgan fingerprint density at radius 3 is 2.14 bits per heavy atom. The van der Waals surface area contributed by atoms with Gasteiger partial charge in [-0.1, -0.05) is 12.8 Å². The van der Waals surface area contributed by atoms with Crippen LogP contribution in [0.3, 0.4) is 0 Å². The monoisotopic (exact) mass is 197 g/mol. The van der Waals surface area contributed by atoms with Gasteiger partial charge in [0.2, 0.25) is 0 Å². The fourth-order valence-electron chi connectivity index (χ4n) is 2.87. The van der Waals surface area contributed by atoms with Gasteiger partial charge in [-0.2, -0.15) is 0 Å². The average Bonchev–Trinajstić information content (AvgIpc) is 2.75. The summed E-state index contributed by atoms with van der Waals surface area (Å²) in [4.78, 5) is 22.2. The maximum Gasteiger partial charge on any atom is 0.303 e. The Balaban J connectivity index is 2.17. The predicted molar refractivity (Wildman–Crippen MR) is 49.1 cm³/mol. The Bertz CT molecular complexity index is 275. The minimum absolute atomic E-state index is 0.192. The number of ether oxygens (including phenoxy) is 1. The van der Waals surface area contributed by atoms with E-state index in [4.69, 9.17) is 10.5 Å². The maximum absolute atomic E-state index is 11.3. The van der Waals surface area contributed by atoms with E-state index in [0.717, 1.165) is 25.7 Å². The van der Waals surface area contributed by atoms with Crippen molar-refractivity contribution in [1.82, 2.24) is 0 Å². The van der Waals surface area contributed by atoms with E-state index < -0.39 is 17.5 Å². The molecule has 2 N–H and O–H groups in total. The zero-order chi connectivity index (χ0) is 10.3. The summed E-state index contributed by atoms with van der Waals surface area (Å²) in [5.74, 6) is -0.488. The SMILES string of the molecule is CC(=O)OC1(C(N)=O)C2CCCCC21. The lowest BCUT2D eigenvalue weighted by molar-refractivity contribution is -0.157. The van der Waals surface area contributed by atoms with Crippen LogP contribution in [0, 0.1) is 11.8 Å². The van der Waals surface area contributed by atoms with Crippen LogP contribution in [0.25, 0.3) is 0 Å². The molecule has 0 aliphatic heterocycles. The van der Waals surface area contributed by atoms with Crippen molar-refractivity contribution in [2.75, 3.05) is 0 Å². The number of carbonyl (C=O) groups is 2. The highest BCUT2D eigenvalue weighted by Crippen LogP contribution is 2.60. The zero-order valence-corrected chi connectivity index (χ0v) is 8.29. The van der Waals surface area contributed by atoms with Crippen LogP contribution in [-0.2, 0) is 14.3 Å². The number of fused-ring (bicyclic) bond motifs is 1. The first-order valence-electron chi connectivity index (χ1n) is 5.08. The van der Waals surface area contributed by atoms with Gasteiger partial charge < -0.3 is 10.5 Å². The van der Waals surface area contributed by atoms with E-state index in [1.54, 1.807) is 0 Å². The van der Waals surface area contributed by atoms with Crippen molar-refractivity contribution < 1.29 is 14.3 Å². The predicted octanol–water partition coefficient (Wildman–Crippen LogP) is 0.594. The first kappa shape index (κ1) is 9.49. The first-order chi connectivity index (χ1) is 6.59. The van der Waals surface area contributed by atoms with Crippen LogP contribution in [0.4, 0.5) is 0 Å². The summed E-state index contributed by atoms with van der Waals surface area (Å²) >= 11 is 0. The molecule has 2 aliphatic rings. The van der Waals surface area contributed by atoms with Crippen molar-refractivity contribution in [3.05, 3.63) is 0 Å². The topological polar surface area (TPSA) is 69.4 Å². The van der Waals surface area contributed by atoms with Crippen LogP contribution in [0.2, 0.25) is 0 Å². The van der Waals surface area contributed by atoms with Crippen LogP contribution < -0.4 is 5.73 Å². The molecule has 4 nitrogen and oxygen atoms in total. The van der Waals surface area contributed by atoms with Crippen molar-refractivity contribution in [3.63, 3.8) is 0 Å². The van der Waals surface area contributed by atoms with E-state index in [-0.39, 0.29) is 11.8 Å². The van der Waals surface area contributed by atoms with E-state index in [0.29, 0.717) is 0 Å².